The number of aromatic nitrogens is 2. The van der Waals surface area contributed by atoms with Crippen molar-refractivity contribution < 1.29 is 14.4 Å². The molecule has 11 nitrogen and oxygen atoms in total. The Morgan fingerprint density at radius 3 is 2.73 bits per heavy atom. The topological polar surface area (TPSA) is 126 Å². The van der Waals surface area contributed by atoms with E-state index < -0.39 is 6.04 Å². The van der Waals surface area contributed by atoms with Gasteiger partial charge < -0.3 is 30.7 Å². The number of amides is 5. The molecule has 4 N–H and O–H groups in total. The number of para-hydroxylation sites is 1. The number of carbonyl (C=O) groups is 3. The van der Waals surface area contributed by atoms with E-state index in [1.54, 1.807) is 11.1 Å². The first-order valence-corrected chi connectivity index (χ1v) is 13.8. The second-order valence-corrected chi connectivity index (χ2v) is 11.0. The second-order valence-electron chi connectivity index (χ2n) is 11.0. The molecular formula is C29H38N8O3. The Hall–Kier alpha value is -4.12. The second kappa shape index (κ2) is 12.0. The molecule has 0 saturated carbocycles. The van der Waals surface area contributed by atoms with Crippen LogP contribution >= 0.6 is 0 Å². The van der Waals surface area contributed by atoms with Gasteiger partial charge in [-0.15, -0.1) is 0 Å². The summed E-state index contributed by atoms with van der Waals surface area (Å²) in [5, 5.41) is 17.0. The van der Waals surface area contributed by atoms with Crippen molar-refractivity contribution in [3.8, 4) is 0 Å². The predicted octanol–water partition coefficient (Wildman–Crippen LogP) is 2.68. The van der Waals surface area contributed by atoms with Gasteiger partial charge in [0.15, 0.2) is 0 Å². The molecule has 0 unspecified atom stereocenters. The summed E-state index contributed by atoms with van der Waals surface area (Å²) in [6.07, 6.45) is 3.49. The molecule has 40 heavy (non-hydrogen) atoms. The van der Waals surface area contributed by atoms with Gasteiger partial charge in [-0.1, -0.05) is 24.3 Å². The molecule has 3 aromatic rings. The van der Waals surface area contributed by atoms with E-state index in [2.05, 4.69) is 26.1 Å². The lowest BCUT2D eigenvalue weighted by molar-refractivity contribution is -0.123. The van der Waals surface area contributed by atoms with Crippen molar-refractivity contribution in [3.05, 3.63) is 59.3 Å². The van der Waals surface area contributed by atoms with Crippen molar-refractivity contribution in [2.24, 2.45) is 0 Å². The first-order valence-electron chi connectivity index (χ1n) is 13.8. The van der Waals surface area contributed by atoms with E-state index in [1.165, 1.54) is 0 Å². The number of rotatable bonds is 8. The number of urea groups is 2. The number of benzene rings is 2. The van der Waals surface area contributed by atoms with Crippen molar-refractivity contribution >= 4 is 34.6 Å². The van der Waals surface area contributed by atoms with E-state index in [0.29, 0.717) is 52.0 Å². The zero-order chi connectivity index (χ0) is 28.2. The van der Waals surface area contributed by atoms with Crippen LogP contribution in [0, 0.1) is 6.92 Å². The fourth-order valence-corrected chi connectivity index (χ4v) is 5.54. The number of piperidine rings is 1. The maximum absolute atomic E-state index is 13.4. The minimum absolute atomic E-state index is 0.0483. The normalized spacial score (nSPS) is 16.6. The zero-order valence-corrected chi connectivity index (χ0v) is 23.4. The van der Waals surface area contributed by atoms with Crippen LogP contribution in [0.1, 0.15) is 29.5 Å². The highest BCUT2D eigenvalue weighted by Crippen LogP contribution is 2.27. The summed E-state index contributed by atoms with van der Waals surface area (Å²) in [5.41, 5.74) is 4.91. The van der Waals surface area contributed by atoms with Crippen molar-refractivity contribution in [2.45, 2.75) is 44.8 Å². The van der Waals surface area contributed by atoms with Crippen LogP contribution in [0.2, 0.25) is 0 Å². The molecule has 2 aliphatic heterocycles. The number of H-pyrrole nitrogens is 1. The monoisotopic (exact) mass is 546 g/mol. The van der Waals surface area contributed by atoms with E-state index in [0.717, 1.165) is 33.3 Å². The summed E-state index contributed by atoms with van der Waals surface area (Å²) >= 11 is 0. The van der Waals surface area contributed by atoms with E-state index in [-0.39, 0.29) is 24.0 Å². The number of hydrogen-bond acceptors (Lipinski definition) is 5. The maximum Gasteiger partial charge on any atom is 0.322 e. The predicted molar refractivity (Wildman–Crippen MR) is 154 cm³/mol. The Labute approximate surface area is 234 Å². The highest BCUT2D eigenvalue weighted by molar-refractivity contribution is 5.92. The van der Waals surface area contributed by atoms with Crippen LogP contribution < -0.4 is 16.0 Å². The van der Waals surface area contributed by atoms with Crippen molar-refractivity contribution in [3.63, 3.8) is 0 Å². The van der Waals surface area contributed by atoms with Gasteiger partial charge in [0.1, 0.15) is 6.04 Å². The molecule has 212 valence electrons. The average Bonchev–Trinajstić information content (AvgIpc) is 3.41. The van der Waals surface area contributed by atoms with Gasteiger partial charge in [0.25, 0.3) is 0 Å². The number of likely N-dealkylation sites (tertiary alicyclic amines) is 1. The molecule has 1 saturated heterocycles. The van der Waals surface area contributed by atoms with Gasteiger partial charge in [-0.3, -0.25) is 9.89 Å². The molecule has 0 aliphatic carbocycles. The zero-order valence-electron chi connectivity index (χ0n) is 23.4. The van der Waals surface area contributed by atoms with Crippen LogP contribution in [0.4, 0.5) is 15.3 Å². The Bertz CT molecular complexity index is 1380. The molecule has 3 heterocycles. The molecule has 1 aromatic heterocycles. The number of nitrogens with one attached hydrogen (secondary N) is 4. The SMILES string of the molecule is Cc1cc(C[C@@H](NC(=O)N2CCC(N3Cc4ccccc4NC3=O)CC2)C(=O)NCCN(C)C)cc2cn[nH]c12. The third kappa shape index (κ3) is 6.20. The number of hydrogen-bond donors (Lipinski definition) is 4. The van der Waals surface area contributed by atoms with E-state index in [4.69, 9.17) is 0 Å². The number of fused-ring (bicyclic) bond motifs is 2. The Balaban J connectivity index is 1.22. The van der Waals surface area contributed by atoms with Crippen molar-refractivity contribution in [2.75, 3.05) is 45.6 Å². The minimum atomic E-state index is -0.722. The summed E-state index contributed by atoms with van der Waals surface area (Å²) in [7, 11) is 3.90. The summed E-state index contributed by atoms with van der Waals surface area (Å²) in [6, 6.07) is 10.8. The molecule has 5 amide bonds. The van der Waals surface area contributed by atoms with Crippen LogP contribution in [0.3, 0.4) is 0 Å². The van der Waals surface area contributed by atoms with Gasteiger partial charge in [-0.2, -0.15) is 5.10 Å². The number of nitrogens with zero attached hydrogens (tertiary/aromatic N) is 4. The lowest BCUT2D eigenvalue weighted by atomic mass is 10.00. The van der Waals surface area contributed by atoms with E-state index in [1.807, 2.05) is 67.2 Å². The fraction of sp³-hybridized carbons (Fsp3) is 0.448. The van der Waals surface area contributed by atoms with Crippen LogP contribution in [-0.2, 0) is 17.8 Å². The molecule has 11 heteroatoms. The summed E-state index contributed by atoms with van der Waals surface area (Å²) in [6.45, 7) is 4.78. The van der Waals surface area contributed by atoms with Gasteiger partial charge in [0, 0.05) is 56.3 Å². The van der Waals surface area contributed by atoms with E-state index >= 15 is 0 Å². The fourth-order valence-electron chi connectivity index (χ4n) is 5.54. The largest absolute Gasteiger partial charge is 0.353 e. The number of carbonyl (C=O) groups excluding carboxylic acids is 3. The molecule has 0 radical (unpaired) electrons. The maximum atomic E-state index is 13.4. The standard InChI is InChI=1S/C29H38N8O3/c1-19-14-20(15-22-17-31-34-26(19)22)16-25(27(38)30-10-13-35(2)3)33-28(39)36-11-8-23(9-12-36)37-18-21-6-4-5-7-24(21)32-29(37)40/h4-7,14-15,17,23,25H,8-13,16,18H2,1-3H3,(H,30,38)(H,31,34)(H,32,40)(H,33,39)/t25-/m1/s1. The van der Waals surface area contributed by atoms with Crippen LogP contribution in [0.15, 0.2) is 42.6 Å². The number of aromatic amines is 1. The third-order valence-electron chi connectivity index (χ3n) is 7.77. The first kappa shape index (κ1) is 27.4. The van der Waals surface area contributed by atoms with Crippen LogP contribution in [-0.4, -0.2) is 95.2 Å². The molecule has 2 aromatic carbocycles. The Morgan fingerprint density at radius 1 is 1.18 bits per heavy atom. The van der Waals surface area contributed by atoms with Gasteiger partial charge in [0.2, 0.25) is 5.91 Å². The van der Waals surface area contributed by atoms with Gasteiger partial charge >= 0.3 is 12.1 Å². The Morgan fingerprint density at radius 2 is 1.95 bits per heavy atom. The Kier molecular flexibility index (Phi) is 8.20. The molecular weight excluding hydrogens is 508 g/mol. The summed E-state index contributed by atoms with van der Waals surface area (Å²) in [5.74, 6) is -0.210. The molecule has 1 atom stereocenters. The van der Waals surface area contributed by atoms with Crippen LogP contribution in [0.25, 0.3) is 10.9 Å². The van der Waals surface area contributed by atoms with Crippen molar-refractivity contribution in [1.82, 2.24) is 35.5 Å². The highest BCUT2D eigenvalue weighted by atomic mass is 16.2. The smallest absolute Gasteiger partial charge is 0.322 e. The average molecular weight is 547 g/mol. The summed E-state index contributed by atoms with van der Waals surface area (Å²) in [4.78, 5) is 44.9. The lowest BCUT2D eigenvalue weighted by Gasteiger charge is -2.40. The molecule has 2 aliphatic rings. The molecule has 0 spiro atoms. The minimum Gasteiger partial charge on any atom is -0.353 e. The number of aryl methyl sites for hydroxylation is 1. The summed E-state index contributed by atoms with van der Waals surface area (Å²) < 4.78 is 0. The first-order chi connectivity index (χ1) is 19.3. The highest BCUT2D eigenvalue weighted by Gasteiger charge is 2.33. The molecule has 0 bridgehead atoms. The lowest BCUT2D eigenvalue weighted by Crippen LogP contribution is -2.56. The number of anilines is 1. The van der Waals surface area contributed by atoms with E-state index in [9.17, 15) is 14.4 Å². The third-order valence-corrected chi connectivity index (χ3v) is 7.77. The van der Waals surface area contributed by atoms with Gasteiger partial charge in [-0.05, 0) is 62.7 Å². The molecule has 1 fully saturated rings. The van der Waals surface area contributed by atoms with Crippen LogP contribution in [0.5, 0.6) is 0 Å². The van der Waals surface area contributed by atoms with Gasteiger partial charge in [0.05, 0.1) is 11.7 Å². The van der Waals surface area contributed by atoms with Gasteiger partial charge in [-0.25, -0.2) is 9.59 Å². The molecule has 5 rings (SSSR count). The van der Waals surface area contributed by atoms with Crippen molar-refractivity contribution in [1.29, 1.82) is 0 Å². The number of likely N-dealkylation sites (N-methyl/N-ethyl adjacent to an activating group) is 1. The quantitative estimate of drug-likeness (QED) is 0.346.